The lowest BCUT2D eigenvalue weighted by Crippen LogP contribution is -2.25. The van der Waals surface area contributed by atoms with Crippen molar-refractivity contribution in [2.45, 2.75) is 25.5 Å². The summed E-state index contributed by atoms with van der Waals surface area (Å²) in [6, 6.07) is 1.78. The Labute approximate surface area is 107 Å². The van der Waals surface area contributed by atoms with Gasteiger partial charge in [0.15, 0.2) is 0 Å². The van der Waals surface area contributed by atoms with Gasteiger partial charge in [-0.3, -0.25) is 0 Å². The van der Waals surface area contributed by atoms with Gasteiger partial charge in [0.25, 0.3) is 0 Å². The molecule has 0 spiro atoms. The van der Waals surface area contributed by atoms with Crippen molar-refractivity contribution in [3.8, 4) is 0 Å². The summed E-state index contributed by atoms with van der Waals surface area (Å²) >= 11 is 3.89. The highest BCUT2D eigenvalue weighted by atomic mass is 35.5. The minimum Gasteiger partial charge on any atom is -0.591 e. The van der Waals surface area contributed by atoms with E-state index in [-0.39, 0.29) is 10.6 Å². The predicted octanol–water partition coefficient (Wildman–Crippen LogP) is 3.50. The summed E-state index contributed by atoms with van der Waals surface area (Å²) < 4.78 is 41.1. The van der Waals surface area contributed by atoms with E-state index in [9.17, 15) is 13.3 Å². The lowest BCUT2D eigenvalue weighted by atomic mass is 10.2. The van der Waals surface area contributed by atoms with Gasteiger partial charge in [0.2, 0.25) is 0 Å². The lowest BCUT2D eigenvalue weighted by Gasteiger charge is -2.17. The van der Waals surface area contributed by atoms with E-state index in [1.165, 1.54) is 0 Å². The Kier molecular flexibility index (Phi) is 4.52. The molecule has 0 aliphatic heterocycles. The maximum atomic E-state index is 13.3. The third-order valence-electron chi connectivity index (χ3n) is 1.85. The smallest absolute Gasteiger partial charge is 0.144 e. The Bertz CT molecular complexity index is 446. The van der Waals surface area contributed by atoms with Crippen LogP contribution < -0.4 is 0 Å². The van der Waals surface area contributed by atoms with E-state index in [0.29, 0.717) is 0 Å². The van der Waals surface area contributed by atoms with Crippen LogP contribution in [0.25, 0.3) is 0 Å². The Morgan fingerprint density at radius 3 is 2.41 bits per heavy atom. The molecule has 0 unspecified atom stereocenters. The van der Waals surface area contributed by atoms with Crippen molar-refractivity contribution in [3.63, 3.8) is 0 Å². The zero-order chi connectivity index (χ0) is 13.2. The number of hydrogen-bond donors (Lipinski definition) is 0. The Balaban J connectivity index is 2.96. The standard InChI is InChI=1S/C11H12ClF2NOS/c1-11(2,3)17(16)15-6-7-4-10(14)8(12)5-9(7)13/h4-6H,1-3H3/b15-6+/t17-/m0/s1. The molecule has 0 aliphatic carbocycles. The molecule has 2 nitrogen and oxygen atoms in total. The van der Waals surface area contributed by atoms with Crippen LogP contribution in [-0.2, 0) is 11.4 Å². The first-order valence-electron chi connectivity index (χ1n) is 4.82. The van der Waals surface area contributed by atoms with Gasteiger partial charge in [-0.2, -0.15) is 0 Å². The van der Waals surface area contributed by atoms with E-state index < -0.39 is 27.7 Å². The zero-order valence-electron chi connectivity index (χ0n) is 9.63. The molecule has 1 rings (SSSR count). The minimum atomic E-state index is -1.51. The molecule has 0 amide bonds. The number of rotatable bonds is 2. The second-order valence-electron chi connectivity index (χ2n) is 4.38. The SMILES string of the molecule is CC(C)(C)[S@+]([O-])/N=C/c1cc(F)c(Cl)cc1F. The maximum Gasteiger partial charge on any atom is 0.144 e. The van der Waals surface area contributed by atoms with Crippen LogP contribution in [0.2, 0.25) is 5.02 Å². The van der Waals surface area contributed by atoms with Gasteiger partial charge < -0.3 is 4.55 Å². The van der Waals surface area contributed by atoms with Gasteiger partial charge in [-0.05, 0) is 32.9 Å². The molecule has 0 aromatic heterocycles. The average Bonchev–Trinajstić information content (AvgIpc) is 2.19. The van der Waals surface area contributed by atoms with Crippen molar-refractivity contribution in [1.82, 2.24) is 0 Å². The highest BCUT2D eigenvalue weighted by molar-refractivity contribution is 7.91. The highest BCUT2D eigenvalue weighted by Crippen LogP contribution is 2.20. The third kappa shape index (κ3) is 3.94. The first-order valence-corrected chi connectivity index (χ1v) is 6.31. The minimum absolute atomic E-state index is 0.0792. The number of benzene rings is 1. The highest BCUT2D eigenvalue weighted by Gasteiger charge is 2.26. The molecule has 0 aliphatic rings. The molecule has 1 aromatic carbocycles. The number of halogens is 3. The molecule has 0 radical (unpaired) electrons. The predicted molar refractivity (Wildman–Crippen MR) is 66.9 cm³/mol. The summed E-state index contributed by atoms with van der Waals surface area (Å²) in [7, 11) is 0. The van der Waals surface area contributed by atoms with Crippen LogP contribution in [0.5, 0.6) is 0 Å². The molecule has 0 heterocycles. The molecule has 0 saturated carbocycles. The molecule has 6 heteroatoms. The molecule has 94 valence electrons. The first-order chi connectivity index (χ1) is 7.71. The van der Waals surface area contributed by atoms with Crippen LogP contribution in [-0.4, -0.2) is 15.5 Å². The van der Waals surface area contributed by atoms with Gasteiger partial charge >= 0.3 is 0 Å². The van der Waals surface area contributed by atoms with E-state index in [1.54, 1.807) is 20.8 Å². The molecular formula is C11H12ClF2NOS. The van der Waals surface area contributed by atoms with Gasteiger partial charge in [-0.1, -0.05) is 16.0 Å². The number of hydrogen-bond acceptors (Lipinski definition) is 2. The molecule has 0 fully saturated rings. The zero-order valence-corrected chi connectivity index (χ0v) is 11.2. The van der Waals surface area contributed by atoms with Crippen molar-refractivity contribution in [2.75, 3.05) is 0 Å². The first kappa shape index (κ1) is 14.4. The quantitative estimate of drug-likeness (QED) is 0.464. The maximum absolute atomic E-state index is 13.3. The Morgan fingerprint density at radius 2 is 1.88 bits per heavy atom. The van der Waals surface area contributed by atoms with Crippen molar-refractivity contribution < 1.29 is 13.3 Å². The van der Waals surface area contributed by atoms with Gasteiger partial charge in [0, 0.05) is 5.56 Å². The van der Waals surface area contributed by atoms with Gasteiger partial charge in [-0.25, -0.2) is 8.78 Å². The van der Waals surface area contributed by atoms with E-state index in [2.05, 4.69) is 4.40 Å². The Hall–Kier alpha value is -0.650. The van der Waals surface area contributed by atoms with Gasteiger partial charge in [-0.15, -0.1) is 0 Å². The van der Waals surface area contributed by atoms with Crippen LogP contribution >= 0.6 is 11.6 Å². The molecule has 0 bridgehead atoms. The van der Waals surface area contributed by atoms with Crippen LogP contribution in [0.4, 0.5) is 8.78 Å². The summed E-state index contributed by atoms with van der Waals surface area (Å²) in [5.74, 6) is -1.44. The number of nitrogens with zero attached hydrogens (tertiary/aromatic N) is 1. The van der Waals surface area contributed by atoms with E-state index in [4.69, 9.17) is 11.6 Å². The summed E-state index contributed by atoms with van der Waals surface area (Å²) in [6.45, 7) is 5.21. The molecule has 0 saturated heterocycles. The third-order valence-corrected chi connectivity index (χ3v) is 3.49. The van der Waals surface area contributed by atoms with Crippen molar-refractivity contribution in [1.29, 1.82) is 0 Å². The molecular weight excluding hydrogens is 268 g/mol. The van der Waals surface area contributed by atoms with E-state index in [1.807, 2.05) is 0 Å². The monoisotopic (exact) mass is 279 g/mol. The van der Waals surface area contributed by atoms with Crippen molar-refractivity contribution in [2.24, 2.45) is 4.40 Å². The second kappa shape index (κ2) is 5.33. The molecule has 17 heavy (non-hydrogen) atoms. The lowest BCUT2D eigenvalue weighted by molar-refractivity contribution is 0.561. The fourth-order valence-corrected chi connectivity index (χ4v) is 1.58. The van der Waals surface area contributed by atoms with Crippen molar-refractivity contribution in [3.05, 3.63) is 34.4 Å². The summed E-state index contributed by atoms with van der Waals surface area (Å²) in [4.78, 5) is 0. The summed E-state index contributed by atoms with van der Waals surface area (Å²) in [6.07, 6.45) is 1.05. The summed E-state index contributed by atoms with van der Waals surface area (Å²) in [5, 5.41) is -0.295. The van der Waals surface area contributed by atoms with Crippen LogP contribution in [0.3, 0.4) is 0 Å². The van der Waals surface area contributed by atoms with Gasteiger partial charge in [0.05, 0.1) is 11.2 Å². The fraction of sp³-hybridized carbons (Fsp3) is 0.364. The van der Waals surface area contributed by atoms with Crippen LogP contribution in [0.1, 0.15) is 26.3 Å². The average molecular weight is 280 g/mol. The van der Waals surface area contributed by atoms with Crippen LogP contribution in [0.15, 0.2) is 16.5 Å². The normalized spacial score (nSPS) is 14.3. The largest absolute Gasteiger partial charge is 0.591 e. The fourth-order valence-electron chi connectivity index (χ4n) is 0.900. The molecule has 1 aromatic rings. The van der Waals surface area contributed by atoms with E-state index >= 15 is 0 Å². The van der Waals surface area contributed by atoms with Gasteiger partial charge in [0.1, 0.15) is 27.7 Å². The summed E-state index contributed by atoms with van der Waals surface area (Å²) in [5.41, 5.74) is -0.0792. The Morgan fingerprint density at radius 1 is 1.29 bits per heavy atom. The molecule has 0 N–H and O–H groups in total. The topological polar surface area (TPSA) is 35.4 Å². The molecule has 1 atom stereocenters. The van der Waals surface area contributed by atoms with E-state index in [0.717, 1.165) is 18.3 Å². The second-order valence-corrected chi connectivity index (χ2v) is 6.72. The van der Waals surface area contributed by atoms with Crippen molar-refractivity contribution >= 4 is 29.2 Å². The van der Waals surface area contributed by atoms with Crippen LogP contribution in [0, 0.1) is 11.6 Å².